The average molecular weight is 293 g/mol. The lowest BCUT2D eigenvalue weighted by Gasteiger charge is -2.47. The molecule has 2 aliphatic rings. The summed E-state index contributed by atoms with van der Waals surface area (Å²) in [6, 6.07) is -0.120. The maximum absolute atomic E-state index is 11.9. The van der Waals surface area contributed by atoms with Gasteiger partial charge in [-0.2, -0.15) is 0 Å². The zero-order valence-electron chi connectivity index (χ0n) is 12.9. The fourth-order valence-electron chi connectivity index (χ4n) is 2.47. The molecule has 2 heterocycles. The van der Waals surface area contributed by atoms with Gasteiger partial charge in [-0.1, -0.05) is 27.2 Å². The van der Waals surface area contributed by atoms with Gasteiger partial charge in [0.25, 0.3) is 11.8 Å². The van der Waals surface area contributed by atoms with Gasteiger partial charge in [-0.25, -0.2) is 4.79 Å². The van der Waals surface area contributed by atoms with Crippen LogP contribution < -0.4 is 5.32 Å². The first-order valence-electron chi connectivity index (χ1n) is 7.41. The maximum Gasteiger partial charge on any atom is 0.317 e. The Morgan fingerprint density at radius 3 is 2.38 bits per heavy atom. The summed E-state index contributed by atoms with van der Waals surface area (Å²) >= 11 is 0. The van der Waals surface area contributed by atoms with E-state index < -0.39 is 0 Å². The summed E-state index contributed by atoms with van der Waals surface area (Å²) in [5, 5.41) is 2.76. The van der Waals surface area contributed by atoms with Crippen LogP contribution in [0.3, 0.4) is 0 Å². The third-order valence-corrected chi connectivity index (χ3v) is 4.70. The maximum atomic E-state index is 11.9. The Kier molecular flexibility index (Phi) is 4.34. The molecule has 0 aromatic rings. The van der Waals surface area contributed by atoms with Gasteiger partial charge in [-0.05, 0) is 11.3 Å². The van der Waals surface area contributed by atoms with E-state index in [1.165, 1.54) is 12.2 Å². The van der Waals surface area contributed by atoms with E-state index >= 15 is 0 Å². The van der Waals surface area contributed by atoms with Crippen molar-refractivity contribution in [3.63, 3.8) is 0 Å². The number of carbonyl (C=O) groups excluding carboxylic acids is 3. The third-order valence-electron chi connectivity index (χ3n) is 4.70. The van der Waals surface area contributed by atoms with Crippen molar-refractivity contribution in [2.75, 3.05) is 26.2 Å². The van der Waals surface area contributed by atoms with Crippen molar-refractivity contribution < 1.29 is 14.4 Å². The number of rotatable bonds is 5. The molecule has 0 aromatic carbocycles. The second-order valence-corrected chi connectivity index (χ2v) is 6.34. The van der Waals surface area contributed by atoms with Crippen molar-refractivity contribution in [3.05, 3.63) is 12.2 Å². The zero-order valence-corrected chi connectivity index (χ0v) is 12.9. The van der Waals surface area contributed by atoms with Gasteiger partial charge in [0.05, 0.1) is 0 Å². The predicted octanol–water partition coefficient (Wildman–Crippen LogP) is 0.989. The van der Waals surface area contributed by atoms with E-state index in [0.717, 1.165) is 24.4 Å². The molecule has 0 spiro atoms. The monoisotopic (exact) mass is 293 g/mol. The summed E-state index contributed by atoms with van der Waals surface area (Å²) in [6.45, 7) is 8.67. The molecule has 0 bridgehead atoms. The Morgan fingerprint density at radius 2 is 1.86 bits per heavy atom. The van der Waals surface area contributed by atoms with Crippen molar-refractivity contribution in [2.24, 2.45) is 11.3 Å². The Labute approximate surface area is 125 Å². The van der Waals surface area contributed by atoms with Crippen LogP contribution in [0.5, 0.6) is 0 Å². The molecular weight excluding hydrogens is 270 g/mol. The quantitative estimate of drug-likeness (QED) is 0.769. The number of nitrogens with zero attached hydrogens (tertiary/aromatic N) is 2. The first-order valence-corrected chi connectivity index (χ1v) is 7.41. The van der Waals surface area contributed by atoms with Gasteiger partial charge in [0.1, 0.15) is 0 Å². The molecule has 116 valence electrons. The van der Waals surface area contributed by atoms with Crippen molar-refractivity contribution in [1.29, 1.82) is 0 Å². The van der Waals surface area contributed by atoms with Crippen LogP contribution in [0.4, 0.5) is 4.79 Å². The molecule has 4 amide bonds. The highest BCUT2D eigenvalue weighted by atomic mass is 16.2. The standard InChI is InChI=1S/C15H23N3O3/c1-4-15(2,3)11-9-17(10-11)14(21)16-7-8-18-12(19)5-6-13(18)20/h5-6,11H,4,7-10H2,1-3H3,(H,16,21). The lowest BCUT2D eigenvalue weighted by Crippen LogP contribution is -2.58. The number of likely N-dealkylation sites (tertiary alicyclic amines) is 1. The second-order valence-electron chi connectivity index (χ2n) is 6.34. The first kappa shape index (κ1) is 15.5. The van der Waals surface area contributed by atoms with Gasteiger partial charge in [0, 0.05) is 38.3 Å². The summed E-state index contributed by atoms with van der Waals surface area (Å²) in [5.41, 5.74) is 0.261. The first-order chi connectivity index (χ1) is 9.85. The minimum Gasteiger partial charge on any atom is -0.336 e. The number of nitrogens with one attached hydrogen (secondary N) is 1. The summed E-state index contributed by atoms with van der Waals surface area (Å²) < 4.78 is 0. The molecule has 6 heteroatoms. The Bertz CT molecular complexity index is 461. The van der Waals surface area contributed by atoms with Gasteiger partial charge in [0.15, 0.2) is 0 Å². The van der Waals surface area contributed by atoms with Crippen molar-refractivity contribution in [2.45, 2.75) is 27.2 Å². The lowest BCUT2D eigenvalue weighted by molar-refractivity contribution is -0.136. The van der Waals surface area contributed by atoms with Crippen LogP contribution in [0, 0.1) is 11.3 Å². The fourth-order valence-corrected chi connectivity index (χ4v) is 2.47. The van der Waals surface area contributed by atoms with Crippen molar-refractivity contribution >= 4 is 17.8 Å². The molecular formula is C15H23N3O3. The van der Waals surface area contributed by atoms with Gasteiger partial charge >= 0.3 is 6.03 Å². The molecule has 2 rings (SSSR count). The molecule has 0 atom stereocenters. The molecule has 2 aliphatic heterocycles. The van der Waals surface area contributed by atoms with Gasteiger partial charge in [-0.3, -0.25) is 14.5 Å². The summed E-state index contributed by atoms with van der Waals surface area (Å²) in [6.07, 6.45) is 3.59. The normalized spacial score (nSPS) is 19.2. The van der Waals surface area contributed by atoms with E-state index in [4.69, 9.17) is 0 Å². The Balaban J connectivity index is 1.68. The van der Waals surface area contributed by atoms with E-state index in [-0.39, 0.29) is 36.3 Å². The summed E-state index contributed by atoms with van der Waals surface area (Å²) in [7, 11) is 0. The second kappa shape index (κ2) is 5.87. The predicted molar refractivity (Wildman–Crippen MR) is 78.4 cm³/mol. The van der Waals surface area contributed by atoms with E-state index in [1.54, 1.807) is 4.90 Å². The van der Waals surface area contributed by atoms with Crippen LogP contribution in [0.15, 0.2) is 12.2 Å². The topological polar surface area (TPSA) is 69.7 Å². The smallest absolute Gasteiger partial charge is 0.317 e. The SMILES string of the molecule is CCC(C)(C)C1CN(C(=O)NCCN2C(=O)C=CC2=O)C1. The number of amides is 4. The summed E-state index contributed by atoms with van der Waals surface area (Å²) in [5.74, 6) is -0.0925. The van der Waals surface area contributed by atoms with Gasteiger partial charge in [-0.15, -0.1) is 0 Å². The number of urea groups is 1. The summed E-state index contributed by atoms with van der Waals surface area (Å²) in [4.78, 5) is 37.5. The molecule has 0 saturated carbocycles. The van der Waals surface area contributed by atoms with E-state index in [0.29, 0.717) is 5.92 Å². The van der Waals surface area contributed by atoms with E-state index in [1.807, 2.05) is 0 Å². The molecule has 0 unspecified atom stereocenters. The molecule has 21 heavy (non-hydrogen) atoms. The number of hydrogen-bond acceptors (Lipinski definition) is 3. The highest BCUT2D eigenvalue weighted by Crippen LogP contribution is 2.36. The minimum atomic E-state index is -0.317. The van der Waals surface area contributed by atoms with Crippen molar-refractivity contribution in [1.82, 2.24) is 15.1 Å². The van der Waals surface area contributed by atoms with Crippen LogP contribution in [-0.2, 0) is 9.59 Å². The molecule has 6 nitrogen and oxygen atoms in total. The van der Waals surface area contributed by atoms with Crippen LogP contribution in [0.25, 0.3) is 0 Å². The largest absolute Gasteiger partial charge is 0.336 e. The molecule has 1 fully saturated rings. The third kappa shape index (κ3) is 3.25. The van der Waals surface area contributed by atoms with Crippen LogP contribution in [0.1, 0.15) is 27.2 Å². The van der Waals surface area contributed by atoms with Crippen LogP contribution in [0.2, 0.25) is 0 Å². The van der Waals surface area contributed by atoms with Gasteiger partial charge < -0.3 is 10.2 Å². The van der Waals surface area contributed by atoms with E-state index in [2.05, 4.69) is 26.1 Å². The van der Waals surface area contributed by atoms with Gasteiger partial charge in [0.2, 0.25) is 0 Å². The highest BCUT2D eigenvalue weighted by molar-refractivity contribution is 6.12. The Hall–Kier alpha value is -1.85. The van der Waals surface area contributed by atoms with Crippen molar-refractivity contribution in [3.8, 4) is 0 Å². The minimum absolute atomic E-state index is 0.120. The van der Waals surface area contributed by atoms with E-state index in [9.17, 15) is 14.4 Å². The molecule has 1 N–H and O–H groups in total. The molecule has 1 saturated heterocycles. The number of carbonyl (C=O) groups is 3. The Morgan fingerprint density at radius 1 is 1.29 bits per heavy atom. The molecule has 0 radical (unpaired) electrons. The zero-order chi connectivity index (χ0) is 15.6. The van der Waals surface area contributed by atoms with Crippen LogP contribution >= 0.6 is 0 Å². The lowest BCUT2D eigenvalue weighted by atomic mass is 9.73. The average Bonchev–Trinajstić information content (AvgIpc) is 2.68. The highest BCUT2D eigenvalue weighted by Gasteiger charge is 2.39. The van der Waals surface area contributed by atoms with Crippen LogP contribution in [-0.4, -0.2) is 53.8 Å². The molecule has 0 aliphatic carbocycles. The molecule has 0 aromatic heterocycles. The number of imide groups is 1. The fraction of sp³-hybridized carbons (Fsp3) is 0.667. The number of hydrogen-bond donors (Lipinski definition) is 1.